The molecule has 2 aromatic carbocycles. The van der Waals surface area contributed by atoms with Crippen LogP contribution >= 0.6 is 0 Å². The number of nitrogens with zero attached hydrogens (tertiary/aromatic N) is 2. The van der Waals surface area contributed by atoms with E-state index >= 15 is 0 Å². The fourth-order valence-electron chi connectivity index (χ4n) is 3.18. The van der Waals surface area contributed by atoms with Crippen molar-refractivity contribution in [1.29, 1.82) is 0 Å². The fourth-order valence-corrected chi connectivity index (χ4v) is 3.18. The number of phenols is 1. The summed E-state index contributed by atoms with van der Waals surface area (Å²) in [5.74, 6) is -3.36. The number of methoxy groups -OCH3 is 2. The number of carbonyl (C=O) groups excluding carboxylic acids is 1. The first-order chi connectivity index (χ1) is 15.7. The second kappa shape index (κ2) is 11.7. The Bertz CT molecular complexity index is 951. The van der Waals surface area contributed by atoms with E-state index in [0.717, 1.165) is 18.7 Å². The molecule has 3 N–H and O–H groups in total. The zero-order valence-electron chi connectivity index (χ0n) is 18.2. The van der Waals surface area contributed by atoms with Crippen molar-refractivity contribution in [3.63, 3.8) is 0 Å². The zero-order chi connectivity index (χ0) is 24.5. The third kappa shape index (κ3) is 7.07. The van der Waals surface area contributed by atoms with E-state index in [4.69, 9.17) is 29.3 Å². The van der Waals surface area contributed by atoms with E-state index in [1.54, 1.807) is 17.0 Å². The number of aliphatic carboxylic acids is 2. The van der Waals surface area contributed by atoms with E-state index in [1.165, 1.54) is 38.5 Å². The third-order valence-corrected chi connectivity index (χ3v) is 4.88. The largest absolute Gasteiger partial charge is 0.502 e. The number of aromatic hydroxyl groups is 1. The number of piperazine rings is 1. The van der Waals surface area contributed by atoms with Crippen LogP contribution in [0.25, 0.3) is 0 Å². The Kier molecular flexibility index (Phi) is 8.98. The third-order valence-electron chi connectivity index (χ3n) is 4.88. The zero-order valence-corrected chi connectivity index (χ0v) is 18.2. The minimum atomic E-state index is -1.82. The summed E-state index contributed by atoms with van der Waals surface area (Å²) in [6, 6.07) is 9.20. The first kappa shape index (κ1) is 25.4. The van der Waals surface area contributed by atoms with E-state index < -0.39 is 11.9 Å². The second-order valence-electron chi connectivity index (χ2n) is 7.03. The Morgan fingerprint density at radius 1 is 0.909 bits per heavy atom. The smallest absolute Gasteiger partial charge is 0.414 e. The molecule has 0 aliphatic carbocycles. The summed E-state index contributed by atoms with van der Waals surface area (Å²) in [6.07, 6.45) is 0. The number of amides is 1. The quantitative estimate of drug-likeness (QED) is 0.564. The lowest BCUT2D eigenvalue weighted by molar-refractivity contribution is -0.159. The van der Waals surface area contributed by atoms with Gasteiger partial charge in [0.25, 0.3) is 5.91 Å². The normalized spacial score (nSPS) is 13.5. The van der Waals surface area contributed by atoms with Gasteiger partial charge in [0, 0.05) is 38.3 Å². The summed E-state index contributed by atoms with van der Waals surface area (Å²) < 4.78 is 23.4. The summed E-state index contributed by atoms with van der Waals surface area (Å²) in [7, 11) is 3.00. The van der Waals surface area contributed by atoms with Crippen molar-refractivity contribution in [2.24, 2.45) is 0 Å². The molecular formula is C22H25FN2O8. The highest BCUT2D eigenvalue weighted by Gasteiger charge is 2.23. The molecule has 33 heavy (non-hydrogen) atoms. The summed E-state index contributed by atoms with van der Waals surface area (Å²) in [5, 5.41) is 24.8. The summed E-state index contributed by atoms with van der Waals surface area (Å²) in [5.41, 5.74) is 1.46. The number of hydrogen-bond donors (Lipinski definition) is 3. The predicted octanol–water partition coefficient (Wildman–Crippen LogP) is 1.66. The number of rotatable bonds is 5. The molecule has 2 aromatic rings. The van der Waals surface area contributed by atoms with Gasteiger partial charge in [0.2, 0.25) is 5.75 Å². The van der Waals surface area contributed by atoms with Crippen molar-refractivity contribution in [2.45, 2.75) is 6.54 Å². The van der Waals surface area contributed by atoms with E-state index in [1.807, 2.05) is 0 Å². The SMILES string of the molecule is COc1cc(CN2CCN(C(=O)c3ccc(F)cc3)CC2)cc(OC)c1O.O=C(O)C(=O)O. The minimum absolute atomic E-state index is 0.0153. The molecule has 0 saturated carbocycles. The van der Waals surface area contributed by atoms with Crippen molar-refractivity contribution < 1.29 is 43.6 Å². The highest BCUT2D eigenvalue weighted by atomic mass is 19.1. The minimum Gasteiger partial charge on any atom is -0.502 e. The number of carboxylic acid groups (broad SMARTS) is 2. The van der Waals surface area contributed by atoms with Gasteiger partial charge in [-0.25, -0.2) is 14.0 Å². The Morgan fingerprint density at radius 2 is 1.39 bits per heavy atom. The maximum Gasteiger partial charge on any atom is 0.414 e. The van der Waals surface area contributed by atoms with Crippen LogP contribution in [-0.4, -0.2) is 83.4 Å². The van der Waals surface area contributed by atoms with Crippen LogP contribution in [0.3, 0.4) is 0 Å². The van der Waals surface area contributed by atoms with Crippen molar-refractivity contribution >= 4 is 17.8 Å². The Labute approximate surface area is 189 Å². The Hall–Kier alpha value is -3.86. The standard InChI is InChI=1S/C20H23FN2O4.C2H2O4/c1-26-17-11-14(12-18(27-2)19(17)24)13-22-7-9-23(10-8-22)20(25)15-3-5-16(21)6-4-15;3-1(4)2(5)6/h3-6,11-12,24H,7-10,13H2,1-2H3;(H,3,4)(H,5,6). The molecule has 3 rings (SSSR count). The summed E-state index contributed by atoms with van der Waals surface area (Å²) in [4.78, 5) is 34.7. The molecule has 178 valence electrons. The van der Waals surface area contributed by atoms with Crippen LogP contribution in [0.4, 0.5) is 4.39 Å². The second-order valence-corrected chi connectivity index (χ2v) is 7.03. The highest BCUT2D eigenvalue weighted by molar-refractivity contribution is 6.27. The van der Waals surface area contributed by atoms with Crippen LogP contribution in [0.2, 0.25) is 0 Å². The maximum atomic E-state index is 13.0. The van der Waals surface area contributed by atoms with E-state index in [9.17, 15) is 14.3 Å². The van der Waals surface area contributed by atoms with Gasteiger partial charge in [0.05, 0.1) is 14.2 Å². The van der Waals surface area contributed by atoms with Crippen LogP contribution < -0.4 is 9.47 Å². The van der Waals surface area contributed by atoms with Crippen molar-refractivity contribution in [3.8, 4) is 17.2 Å². The van der Waals surface area contributed by atoms with Gasteiger partial charge in [-0.2, -0.15) is 0 Å². The van der Waals surface area contributed by atoms with E-state index in [0.29, 0.717) is 36.7 Å². The van der Waals surface area contributed by atoms with Gasteiger partial charge in [-0.1, -0.05) is 0 Å². The van der Waals surface area contributed by atoms with Crippen LogP contribution in [0.1, 0.15) is 15.9 Å². The lowest BCUT2D eigenvalue weighted by Gasteiger charge is -2.35. The van der Waals surface area contributed by atoms with Crippen LogP contribution in [0.15, 0.2) is 36.4 Å². The van der Waals surface area contributed by atoms with Gasteiger partial charge < -0.3 is 29.7 Å². The molecule has 1 fully saturated rings. The molecular weight excluding hydrogens is 439 g/mol. The Morgan fingerprint density at radius 3 is 1.82 bits per heavy atom. The first-order valence-corrected chi connectivity index (χ1v) is 9.83. The number of hydrogen-bond acceptors (Lipinski definition) is 7. The first-order valence-electron chi connectivity index (χ1n) is 9.83. The number of ether oxygens (including phenoxy) is 2. The number of benzene rings is 2. The van der Waals surface area contributed by atoms with Crippen LogP contribution in [0, 0.1) is 5.82 Å². The number of carbonyl (C=O) groups is 3. The van der Waals surface area contributed by atoms with E-state index in [-0.39, 0.29) is 17.5 Å². The van der Waals surface area contributed by atoms with E-state index in [2.05, 4.69) is 4.90 Å². The maximum absolute atomic E-state index is 13.0. The average molecular weight is 464 g/mol. The molecule has 0 aromatic heterocycles. The molecule has 1 aliphatic heterocycles. The van der Waals surface area contributed by atoms with Gasteiger partial charge in [-0.15, -0.1) is 0 Å². The molecule has 10 nitrogen and oxygen atoms in total. The van der Waals surface area contributed by atoms with Crippen molar-refractivity contribution in [2.75, 3.05) is 40.4 Å². The number of carboxylic acids is 2. The molecule has 1 amide bonds. The van der Waals surface area contributed by atoms with Gasteiger partial charge in [0.15, 0.2) is 11.5 Å². The molecule has 0 spiro atoms. The molecule has 1 aliphatic rings. The summed E-state index contributed by atoms with van der Waals surface area (Å²) in [6.45, 7) is 3.30. The van der Waals surface area contributed by atoms with Gasteiger partial charge in [-0.3, -0.25) is 9.69 Å². The van der Waals surface area contributed by atoms with Crippen LogP contribution in [0.5, 0.6) is 17.2 Å². The highest BCUT2D eigenvalue weighted by Crippen LogP contribution is 2.37. The molecule has 0 radical (unpaired) electrons. The lowest BCUT2D eigenvalue weighted by atomic mass is 10.1. The predicted molar refractivity (Wildman–Crippen MR) is 114 cm³/mol. The van der Waals surface area contributed by atoms with Crippen molar-refractivity contribution in [1.82, 2.24) is 9.80 Å². The van der Waals surface area contributed by atoms with Gasteiger partial charge in [-0.05, 0) is 42.0 Å². The molecule has 1 saturated heterocycles. The lowest BCUT2D eigenvalue weighted by Crippen LogP contribution is -2.48. The van der Waals surface area contributed by atoms with Crippen LogP contribution in [-0.2, 0) is 16.1 Å². The van der Waals surface area contributed by atoms with Gasteiger partial charge >= 0.3 is 11.9 Å². The Balaban J connectivity index is 0.000000569. The summed E-state index contributed by atoms with van der Waals surface area (Å²) >= 11 is 0. The molecule has 11 heteroatoms. The molecule has 0 bridgehead atoms. The number of phenolic OH excluding ortho intramolecular Hbond substituents is 1. The molecule has 0 unspecified atom stereocenters. The monoisotopic (exact) mass is 464 g/mol. The molecule has 1 heterocycles. The van der Waals surface area contributed by atoms with Gasteiger partial charge in [0.1, 0.15) is 5.82 Å². The van der Waals surface area contributed by atoms with Crippen molar-refractivity contribution in [3.05, 3.63) is 53.3 Å². The fraction of sp³-hybridized carbons (Fsp3) is 0.318. The number of halogens is 1. The molecule has 0 atom stereocenters. The average Bonchev–Trinajstić information content (AvgIpc) is 2.81. The topological polar surface area (TPSA) is 137 Å².